The lowest BCUT2D eigenvalue weighted by atomic mass is 10.1. The van der Waals surface area contributed by atoms with Crippen molar-refractivity contribution in [1.82, 2.24) is 4.98 Å². The van der Waals surface area contributed by atoms with Crippen molar-refractivity contribution in [3.8, 4) is 0 Å². The van der Waals surface area contributed by atoms with Gasteiger partial charge in [-0.2, -0.15) is 0 Å². The highest BCUT2D eigenvalue weighted by Gasteiger charge is 2.24. The van der Waals surface area contributed by atoms with Gasteiger partial charge in [-0.05, 0) is 43.7 Å². The number of thiazole rings is 1. The highest BCUT2D eigenvalue weighted by Crippen LogP contribution is 2.31. The minimum absolute atomic E-state index is 0.120. The van der Waals surface area contributed by atoms with E-state index in [9.17, 15) is 13.2 Å². The Morgan fingerprint density at radius 3 is 2.35 bits per heavy atom. The number of nitrogens with zero attached hydrogens (tertiary/aromatic N) is 2. The molecule has 0 fully saturated rings. The number of aromatic nitrogens is 1. The molecule has 5 nitrogen and oxygen atoms in total. The van der Waals surface area contributed by atoms with Crippen molar-refractivity contribution in [3.05, 3.63) is 70.7 Å². The number of benzene rings is 2. The molecule has 0 saturated heterocycles. The second-order valence-corrected chi connectivity index (χ2v) is 8.85. The summed E-state index contributed by atoms with van der Waals surface area (Å²) in [5.41, 5.74) is 2.54. The Kier molecular flexibility index (Phi) is 4.93. The van der Waals surface area contributed by atoms with Gasteiger partial charge in [-0.1, -0.05) is 24.3 Å². The maximum Gasteiger partial charge on any atom is 0.264 e. The van der Waals surface area contributed by atoms with Crippen LogP contribution in [0.3, 0.4) is 0 Å². The topological polar surface area (TPSA) is 67.3 Å². The van der Waals surface area contributed by atoms with E-state index in [1.165, 1.54) is 28.4 Å². The molecule has 3 aromatic rings. The van der Waals surface area contributed by atoms with Crippen LogP contribution in [0, 0.1) is 13.8 Å². The van der Waals surface area contributed by atoms with Gasteiger partial charge in [0, 0.05) is 17.2 Å². The first-order valence-corrected chi connectivity index (χ1v) is 10.7. The van der Waals surface area contributed by atoms with E-state index in [0.717, 1.165) is 11.9 Å². The lowest BCUT2D eigenvalue weighted by Gasteiger charge is -2.21. The molecule has 3 rings (SSSR count). The molecule has 0 aliphatic carbocycles. The standard InChI is InChI=1S/C19H18N2O3S2/c1-13-9-10-16(26(3,23)24)11-17(13)18(22)21(15-7-5-4-6-8-15)19-20-14(2)12-25-19/h4-12H,1-3H3. The zero-order valence-electron chi connectivity index (χ0n) is 14.6. The molecule has 0 bridgehead atoms. The van der Waals surface area contributed by atoms with E-state index < -0.39 is 9.84 Å². The number of carbonyl (C=O) groups excluding carboxylic acids is 1. The van der Waals surface area contributed by atoms with Crippen LogP contribution in [0.5, 0.6) is 0 Å². The van der Waals surface area contributed by atoms with E-state index >= 15 is 0 Å². The van der Waals surface area contributed by atoms with Crippen molar-refractivity contribution < 1.29 is 13.2 Å². The Morgan fingerprint density at radius 2 is 1.77 bits per heavy atom. The fraction of sp³-hybridized carbons (Fsp3) is 0.158. The van der Waals surface area contributed by atoms with E-state index in [-0.39, 0.29) is 10.8 Å². The fourth-order valence-electron chi connectivity index (χ4n) is 2.52. The van der Waals surface area contributed by atoms with Gasteiger partial charge in [0.05, 0.1) is 16.3 Å². The normalized spacial score (nSPS) is 11.3. The third-order valence-corrected chi connectivity index (χ3v) is 5.94. The summed E-state index contributed by atoms with van der Waals surface area (Å²) >= 11 is 1.37. The number of hydrogen-bond donors (Lipinski definition) is 0. The minimum atomic E-state index is -3.41. The van der Waals surface area contributed by atoms with Gasteiger partial charge < -0.3 is 0 Å². The number of rotatable bonds is 4. The number of aryl methyl sites for hydroxylation is 2. The molecule has 134 valence electrons. The van der Waals surface area contributed by atoms with Crippen LogP contribution in [0.15, 0.2) is 58.8 Å². The summed E-state index contributed by atoms with van der Waals surface area (Å²) < 4.78 is 23.8. The summed E-state index contributed by atoms with van der Waals surface area (Å²) in [5.74, 6) is -0.312. The van der Waals surface area contributed by atoms with Crippen LogP contribution in [0.1, 0.15) is 21.6 Å². The molecular formula is C19H18N2O3S2. The number of hydrogen-bond acceptors (Lipinski definition) is 5. The molecule has 7 heteroatoms. The molecule has 0 aliphatic heterocycles. The number of sulfone groups is 1. The lowest BCUT2D eigenvalue weighted by molar-refractivity contribution is 0.0998. The van der Waals surface area contributed by atoms with Gasteiger partial charge in [-0.25, -0.2) is 13.4 Å². The third kappa shape index (κ3) is 3.68. The van der Waals surface area contributed by atoms with Crippen molar-refractivity contribution in [1.29, 1.82) is 0 Å². The van der Waals surface area contributed by atoms with Crippen LogP contribution in [-0.2, 0) is 9.84 Å². The molecule has 0 N–H and O–H groups in total. The van der Waals surface area contributed by atoms with Gasteiger partial charge in [0.1, 0.15) is 0 Å². The Balaban J connectivity index is 2.15. The molecule has 2 aromatic carbocycles. The zero-order chi connectivity index (χ0) is 18.9. The van der Waals surface area contributed by atoms with Crippen molar-refractivity contribution >= 4 is 37.9 Å². The van der Waals surface area contributed by atoms with Gasteiger partial charge in [-0.3, -0.25) is 9.69 Å². The average molecular weight is 386 g/mol. The van der Waals surface area contributed by atoms with Gasteiger partial charge in [0.15, 0.2) is 15.0 Å². The first-order valence-electron chi connectivity index (χ1n) is 7.90. The second-order valence-electron chi connectivity index (χ2n) is 6.00. The van der Waals surface area contributed by atoms with Crippen molar-refractivity contribution in [2.24, 2.45) is 0 Å². The summed E-state index contributed by atoms with van der Waals surface area (Å²) in [4.78, 5) is 19.4. The number of para-hydroxylation sites is 1. The molecule has 0 radical (unpaired) electrons. The first-order chi connectivity index (χ1) is 12.3. The largest absolute Gasteiger partial charge is 0.268 e. The van der Waals surface area contributed by atoms with Crippen LogP contribution >= 0.6 is 11.3 Å². The highest BCUT2D eigenvalue weighted by molar-refractivity contribution is 7.90. The van der Waals surface area contributed by atoms with Gasteiger partial charge in [-0.15, -0.1) is 11.3 Å². The summed E-state index contributed by atoms with van der Waals surface area (Å²) in [7, 11) is -3.41. The van der Waals surface area contributed by atoms with E-state index in [0.29, 0.717) is 21.9 Å². The monoisotopic (exact) mass is 386 g/mol. The Morgan fingerprint density at radius 1 is 1.08 bits per heavy atom. The Bertz CT molecular complexity index is 1060. The predicted molar refractivity (Wildman–Crippen MR) is 104 cm³/mol. The van der Waals surface area contributed by atoms with Crippen molar-refractivity contribution in [2.45, 2.75) is 18.7 Å². The lowest BCUT2D eigenvalue weighted by Crippen LogP contribution is -2.26. The van der Waals surface area contributed by atoms with Gasteiger partial charge in [0.25, 0.3) is 5.91 Å². The van der Waals surface area contributed by atoms with E-state index in [2.05, 4.69) is 4.98 Å². The van der Waals surface area contributed by atoms with Crippen LogP contribution in [0.25, 0.3) is 0 Å². The second kappa shape index (κ2) is 7.01. The molecule has 0 spiro atoms. The molecule has 0 saturated carbocycles. The van der Waals surface area contributed by atoms with E-state index in [1.54, 1.807) is 13.0 Å². The first kappa shape index (κ1) is 18.3. The van der Waals surface area contributed by atoms with E-state index in [1.807, 2.05) is 42.6 Å². The smallest absolute Gasteiger partial charge is 0.264 e. The molecule has 1 aromatic heterocycles. The summed E-state index contributed by atoms with van der Waals surface area (Å²) in [5, 5.41) is 2.42. The maximum atomic E-state index is 13.4. The molecule has 0 unspecified atom stereocenters. The summed E-state index contributed by atoms with van der Waals surface area (Å²) in [6, 6.07) is 13.8. The number of carbonyl (C=O) groups is 1. The maximum absolute atomic E-state index is 13.4. The van der Waals surface area contributed by atoms with Crippen LogP contribution < -0.4 is 4.90 Å². The number of anilines is 2. The molecular weight excluding hydrogens is 368 g/mol. The quantitative estimate of drug-likeness (QED) is 0.676. The Hall–Kier alpha value is -2.51. The minimum Gasteiger partial charge on any atom is -0.268 e. The Labute approximate surface area is 156 Å². The molecule has 1 amide bonds. The zero-order valence-corrected chi connectivity index (χ0v) is 16.3. The average Bonchev–Trinajstić information content (AvgIpc) is 3.01. The molecule has 1 heterocycles. The highest BCUT2D eigenvalue weighted by atomic mass is 32.2. The van der Waals surface area contributed by atoms with Crippen molar-refractivity contribution in [3.63, 3.8) is 0 Å². The van der Waals surface area contributed by atoms with Gasteiger partial charge in [0.2, 0.25) is 0 Å². The van der Waals surface area contributed by atoms with Crippen LogP contribution in [0.2, 0.25) is 0 Å². The van der Waals surface area contributed by atoms with Crippen LogP contribution in [-0.4, -0.2) is 25.6 Å². The SMILES string of the molecule is Cc1csc(N(C(=O)c2cc(S(C)(=O)=O)ccc2C)c2ccccc2)n1. The van der Waals surface area contributed by atoms with Crippen molar-refractivity contribution in [2.75, 3.05) is 11.2 Å². The molecule has 0 aliphatic rings. The van der Waals surface area contributed by atoms with Crippen LogP contribution in [0.4, 0.5) is 10.8 Å². The fourth-order valence-corrected chi connectivity index (χ4v) is 3.98. The van der Waals surface area contributed by atoms with Gasteiger partial charge >= 0.3 is 0 Å². The molecule has 0 atom stereocenters. The van der Waals surface area contributed by atoms with E-state index in [4.69, 9.17) is 0 Å². The predicted octanol–water partition coefficient (Wildman–Crippen LogP) is 4.14. The summed E-state index contributed by atoms with van der Waals surface area (Å²) in [6.45, 7) is 3.65. The third-order valence-electron chi connectivity index (χ3n) is 3.88. The summed E-state index contributed by atoms with van der Waals surface area (Å²) in [6.07, 6.45) is 1.13. The molecule has 26 heavy (non-hydrogen) atoms. The number of amides is 1.